The van der Waals surface area contributed by atoms with E-state index in [1.54, 1.807) is 16.7 Å². The average Bonchev–Trinajstić information content (AvgIpc) is 2.83. The molecule has 7 nitrogen and oxygen atoms in total. The number of likely N-dealkylation sites (tertiary alicyclic amines) is 1. The molecule has 27 heavy (non-hydrogen) atoms. The number of carbonyl (C=O) groups is 1. The number of H-pyrrole nitrogens is 1. The van der Waals surface area contributed by atoms with Gasteiger partial charge in [0.05, 0.1) is 24.2 Å². The van der Waals surface area contributed by atoms with Crippen LogP contribution in [-0.4, -0.2) is 59.8 Å². The SMILES string of the molecule is CCOCCn1c(=O)[nH]c2cc(C(=O)NCCN3CCCCCC3)ccc21. The van der Waals surface area contributed by atoms with Crippen molar-refractivity contribution in [3.05, 3.63) is 34.2 Å². The normalized spacial score (nSPS) is 15.7. The van der Waals surface area contributed by atoms with Crippen molar-refractivity contribution >= 4 is 16.9 Å². The Kier molecular flexibility index (Phi) is 7.06. The first-order valence-corrected chi connectivity index (χ1v) is 10.00. The molecule has 0 bridgehead atoms. The number of hydrogen-bond donors (Lipinski definition) is 2. The van der Waals surface area contributed by atoms with Gasteiger partial charge in [0.1, 0.15) is 0 Å². The van der Waals surface area contributed by atoms with Gasteiger partial charge in [-0.1, -0.05) is 12.8 Å². The minimum absolute atomic E-state index is 0.102. The second-order valence-corrected chi connectivity index (χ2v) is 7.02. The molecule has 0 spiro atoms. The van der Waals surface area contributed by atoms with Gasteiger partial charge in [0.2, 0.25) is 0 Å². The number of carbonyl (C=O) groups excluding carboxylic acids is 1. The maximum atomic E-state index is 12.5. The maximum absolute atomic E-state index is 12.5. The summed E-state index contributed by atoms with van der Waals surface area (Å²) in [6, 6.07) is 5.34. The Morgan fingerprint density at radius 2 is 1.96 bits per heavy atom. The Morgan fingerprint density at radius 1 is 1.19 bits per heavy atom. The Labute approximate surface area is 159 Å². The lowest BCUT2D eigenvalue weighted by molar-refractivity contribution is 0.0948. The van der Waals surface area contributed by atoms with Crippen LogP contribution in [0, 0.1) is 0 Å². The Morgan fingerprint density at radius 3 is 2.70 bits per heavy atom. The minimum Gasteiger partial charge on any atom is -0.380 e. The van der Waals surface area contributed by atoms with E-state index in [0.29, 0.717) is 37.4 Å². The van der Waals surface area contributed by atoms with Crippen LogP contribution < -0.4 is 11.0 Å². The number of amides is 1. The van der Waals surface area contributed by atoms with Gasteiger partial charge < -0.3 is 19.9 Å². The Hall–Kier alpha value is -2.12. The third kappa shape index (κ3) is 5.20. The van der Waals surface area contributed by atoms with Crippen molar-refractivity contribution in [2.75, 3.05) is 39.4 Å². The predicted molar refractivity (Wildman–Crippen MR) is 106 cm³/mol. The lowest BCUT2D eigenvalue weighted by Gasteiger charge is -2.19. The van der Waals surface area contributed by atoms with Crippen molar-refractivity contribution in [2.45, 2.75) is 39.2 Å². The number of benzene rings is 1. The fourth-order valence-electron chi connectivity index (χ4n) is 3.62. The summed E-state index contributed by atoms with van der Waals surface area (Å²) in [6.07, 6.45) is 5.12. The third-order valence-corrected chi connectivity index (χ3v) is 5.11. The number of aromatic amines is 1. The van der Waals surface area contributed by atoms with Crippen LogP contribution in [0.2, 0.25) is 0 Å². The zero-order chi connectivity index (χ0) is 19.1. The molecule has 1 aromatic carbocycles. The maximum Gasteiger partial charge on any atom is 0.326 e. The lowest BCUT2D eigenvalue weighted by Crippen LogP contribution is -2.35. The first kappa shape index (κ1) is 19.6. The van der Waals surface area contributed by atoms with Crippen molar-refractivity contribution in [1.82, 2.24) is 19.8 Å². The highest BCUT2D eigenvalue weighted by Gasteiger charge is 2.12. The van der Waals surface area contributed by atoms with E-state index in [2.05, 4.69) is 15.2 Å². The molecule has 0 unspecified atom stereocenters. The summed E-state index contributed by atoms with van der Waals surface area (Å²) in [5.41, 5.74) is 1.86. The van der Waals surface area contributed by atoms with Gasteiger partial charge in [-0.05, 0) is 51.1 Å². The first-order valence-electron chi connectivity index (χ1n) is 10.00. The average molecular weight is 374 g/mol. The molecule has 2 N–H and O–H groups in total. The van der Waals surface area contributed by atoms with Crippen LogP contribution in [0.25, 0.3) is 11.0 Å². The molecular weight excluding hydrogens is 344 g/mol. The fourth-order valence-corrected chi connectivity index (χ4v) is 3.62. The van der Waals surface area contributed by atoms with Crippen LogP contribution in [0.1, 0.15) is 43.0 Å². The highest BCUT2D eigenvalue weighted by Crippen LogP contribution is 2.13. The van der Waals surface area contributed by atoms with E-state index in [1.165, 1.54) is 25.7 Å². The summed E-state index contributed by atoms with van der Waals surface area (Å²) in [5.74, 6) is -0.102. The number of aromatic nitrogens is 2. The van der Waals surface area contributed by atoms with E-state index in [1.807, 2.05) is 13.0 Å². The van der Waals surface area contributed by atoms with Crippen LogP contribution in [0.15, 0.2) is 23.0 Å². The predicted octanol–water partition coefficient (Wildman–Crippen LogP) is 1.97. The quantitative estimate of drug-likeness (QED) is 0.693. The van der Waals surface area contributed by atoms with E-state index >= 15 is 0 Å². The molecule has 7 heteroatoms. The van der Waals surface area contributed by atoms with E-state index in [0.717, 1.165) is 25.2 Å². The van der Waals surface area contributed by atoms with Gasteiger partial charge in [0, 0.05) is 25.3 Å². The topological polar surface area (TPSA) is 79.4 Å². The second-order valence-electron chi connectivity index (χ2n) is 7.02. The Bertz CT molecular complexity index is 803. The molecular formula is C20H30N4O3. The van der Waals surface area contributed by atoms with Gasteiger partial charge in [-0.15, -0.1) is 0 Å². The Balaban J connectivity index is 1.59. The molecule has 0 atom stereocenters. The first-order chi connectivity index (χ1) is 13.2. The van der Waals surface area contributed by atoms with Gasteiger partial charge in [0.15, 0.2) is 0 Å². The van der Waals surface area contributed by atoms with Crippen molar-refractivity contribution < 1.29 is 9.53 Å². The summed E-state index contributed by atoms with van der Waals surface area (Å²) in [4.78, 5) is 29.8. The van der Waals surface area contributed by atoms with Gasteiger partial charge in [-0.2, -0.15) is 0 Å². The number of fused-ring (bicyclic) bond motifs is 1. The highest BCUT2D eigenvalue weighted by atomic mass is 16.5. The molecule has 1 saturated heterocycles. The lowest BCUT2D eigenvalue weighted by atomic mass is 10.2. The molecule has 1 aliphatic rings. The van der Waals surface area contributed by atoms with Crippen molar-refractivity contribution in [2.24, 2.45) is 0 Å². The van der Waals surface area contributed by atoms with Gasteiger partial charge in [0.25, 0.3) is 5.91 Å². The molecule has 3 rings (SSSR count). The summed E-state index contributed by atoms with van der Waals surface area (Å²) >= 11 is 0. The van der Waals surface area contributed by atoms with Crippen molar-refractivity contribution in [3.63, 3.8) is 0 Å². The zero-order valence-corrected chi connectivity index (χ0v) is 16.1. The molecule has 1 amide bonds. The van der Waals surface area contributed by atoms with Crippen molar-refractivity contribution in [3.8, 4) is 0 Å². The highest BCUT2D eigenvalue weighted by molar-refractivity contribution is 5.97. The van der Waals surface area contributed by atoms with E-state index in [9.17, 15) is 9.59 Å². The third-order valence-electron chi connectivity index (χ3n) is 5.11. The second kappa shape index (κ2) is 9.71. The van der Waals surface area contributed by atoms with Crippen LogP contribution >= 0.6 is 0 Å². The fraction of sp³-hybridized carbons (Fsp3) is 0.600. The van der Waals surface area contributed by atoms with E-state index in [-0.39, 0.29) is 11.6 Å². The molecule has 0 saturated carbocycles. The molecule has 2 heterocycles. The molecule has 0 aliphatic carbocycles. The summed E-state index contributed by atoms with van der Waals surface area (Å²) in [6.45, 7) is 7.31. The number of nitrogens with zero attached hydrogens (tertiary/aromatic N) is 2. The van der Waals surface area contributed by atoms with Gasteiger partial charge >= 0.3 is 5.69 Å². The summed E-state index contributed by atoms with van der Waals surface area (Å²) in [5, 5.41) is 3.00. The molecule has 1 fully saturated rings. The molecule has 1 aromatic heterocycles. The minimum atomic E-state index is -0.177. The van der Waals surface area contributed by atoms with E-state index in [4.69, 9.17) is 4.74 Å². The number of nitrogens with one attached hydrogen (secondary N) is 2. The number of hydrogen-bond acceptors (Lipinski definition) is 4. The molecule has 148 valence electrons. The smallest absolute Gasteiger partial charge is 0.326 e. The summed E-state index contributed by atoms with van der Waals surface area (Å²) < 4.78 is 6.98. The van der Waals surface area contributed by atoms with Crippen LogP contribution in [-0.2, 0) is 11.3 Å². The standard InChI is InChI=1S/C20H30N4O3/c1-2-27-14-13-24-18-8-7-16(15-17(18)22-20(24)26)19(25)21-9-12-23-10-5-3-4-6-11-23/h7-8,15H,2-6,9-14H2,1H3,(H,21,25)(H,22,26). The van der Waals surface area contributed by atoms with Crippen LogP contribution in [0.5, 0.6) is 0 Å². The number of ether oxygens (including phenoxy) is 1. The van der Waals surface area contributed by atoms with Gasteiger partial charge in [-0.25, -0.2) is 4.79 Å². The summed E-state index contributed by atoms with van der Waals surface area (Å²) in [7, 11) is 0. The van der Waals surface area contributed by atoms with Crippen molar-refractivity contribution in [1.29, 1.82) is 0 Å². The zero-order valence-electron chi connectivity index (χ0n) is 16.1. The van der Waals surface area contributed by atoms with Crippen LogP contribution in [0.4, 0.5) is 0 Å². The number of rotatable bonds is 8. The number of imidazole rings is 1. The van der Waals surface area contributed by atoms with Gasteiger partial charge in [-0.3, -0.25) is 9.36 Å². The van der Waals surface area contributed by atoms with Crippen LogP contribution in [0.3, 0.4) is 0 Å². The molecule has 1 aliphatic heterocycles. The molecule has 0 radical (unpaired) electrons. The monoisotopic (exact) mass is 374 g/mol. The molecule has 2 aromatic rings. The largest absolute Gasteiger partial charge is 0.380 e. The van der Waals surface area contributed by atoms with E-state index < -0.39 is 0 Å².